The fourth-order valence-corrected chi connectivity index (χ4v) is 3.14. The second-order valence-electron chi connectivity index (χ2n) is 6.38. The molecule has 0 bridgehead atoms. The van der Waals surface area contributed by atoms with E-state index in [0.29, 0.717) is 19.0 Å². The van der Waals surface area contributed by atoms with Crippen molar-refractivity contribution in [1.29, 1.82) is 0 Å². The third-order valence-corrected chi connectivity index (χ3v) is 4.49. The molecule has 3 aromatic heterocycles. The number of carboxylic acid groups (broad SMARTS) is 1. The molecule has 138 valence electrons. The van der Waals surface area contributed by atoms with E-state index in [2.05, 4.69) is 27.0 Å². The smallest absolute Gasteiger partial charge is 0.357 e. The van der Waals surface area contributed by atoms with Gasteiger partial charge in [0.15, 0.2) is 5.69 Å². The van der Waals surface area contributed by atoms with Crippen LogP contribution in [0.2, 0.25) is 0 Å². The first-order valence-corrected chi connectivity index (χ1v) is 8.65. The van der Waals surface area contributed by atoms with Crippen molar-refractivity contribution in [2.75, 3.05) is 6.54 Å². The number of rotatable bonds is 8. The number of hydrogen-bond acceptors (Lipinski definition) is 5. The maximum atomic E-state index is 11.0. The lowest BCUT2D eigenvalue weighted by molar-refractivity contribution is 0.0690. The number of furan rings is 1. The van der Waals surface area contributed by atoms with Gasteiger partial charge in [0.25, 0.3) is 0 Å². The highest BCUT2D eigenvalue weighted by atomic mass is 16.4. The zero-order valence-corrected chi connectivity index (χ0v) is 14.6. The summed E-state index contributed by atoms with van der Waals surface area (Å²) in [6.45, 7) is 1.84. The first-order chi connectivity index (χ1) is 13.2. The highest BCUT2D eigenvalue weighted by Crippen LogP contribution is 2.19. The van der Waals surface area contributed by atoms with Crippen LogP contribution in [0.3, 0.4) is 0 Å². The summed E-state index contributed by atoms with van der Waals surface area (Å²) in [5.74, 6) is -0.708. The third-order valence-electron chi connectivity index (χ3n) is 4.49. The van der Waals surface area contributed by atoms with Crippen molar-refractivity contribution in [3.05, 3.63) is 78.0 Å². The van der Waals surface area contributed by atoms with Gasteiger partial charge in [0, 0.05) is 35.8 Å². The Labute approximate surface area is 155 Å². The van der Waals surface area contributed by atoms with Gasteiger partial charge in [-0.3, -0.25) is 4.90 Å². The fraction of sp³-hybridized carbons (Fsp3) is 0.200. The molecule has 0 atom stereocenters. The summed E-state index contributed by atoms with van der Waals surface area (Å²) in [4.78, 5) is 20.5. The van der Waals surface area contributed by atoms with Crippen molar-refractivity contribution in [2.24, 2.45) is 0 Å². The predicted molar refractivity (Wildman–Crippen MR) is 98.3 cm³/mol. The van der Waals surface area contributed by atoms with Gasteiger partial charge in [0.1, 0.15) is 6.26 Å². The van der Waals surface area contributed by atoms with Crippen LogP contribution in [0.5, 0.6) is 0 Å². The second-order valence-corrected chi connectivity index (χ2v) is 6.38. The van der Waals surface area contributed by atoms with Crippen LogP contribution in [0.4, 0.5) is 0 Å². The van der Waals surface area contributed by atoms with E-state index in [9.17, 15) is 4.79 Å². The highest BCUT2D eigenvalue weighted by Gasteiger charge is 2.15. The minimum absolute atomic E-state index is 0.0788. The van der Waals surface area contributed by atoms with Crippen LogP contribution in [0.1, 0.15) is 27.5 Å². The van der Waals surface area contributed by atoms with Gasteiger partial charge in [0.05, 0.1) is 19.1 Å². The number of aromatic nitrogens is 2. The van der Waals surface area contributed by atoms with E-state index in [1.54, 1.807) is 12.5 Å². The molecule has 0 aliphatic carbocycles. The monoisotopic (exact) mass is 365 g/mol. The van der Waals surface area contributed by atoms with Crippen molar-refractivity contribution in [3.8, 4) is 0 Å². The van der Waals surface area contributed by atoms with Crippen molar-refractivity contribution in [1.82, 2.24) is 14.9 Å². The Morgan fingerprint density at radius 3 is 2.85 bits per heavy atom. The van der Waals surface area contributed by atoms with Crippen LogP contribution in [0, 0.1) is 0 Å². The van der Waals surface area contributed by atoms with Crippen LogP contribution >= 0.6 is 0 Å². The fourth-order valence-electron chi connectivity index (χ4n) is 3.14. The Morgan fingerprint density at radius 2 is 2.07 bits per heavy atom. The van der Waals surface area contributed by atoms with Crippen LogP contribution in [-0.2, 0) is 19.5 Å². The Balaban J connectivity index is 1.49. The standard InChI is InChI=1S/C20H19N3O4/c24-20(25)18-13-27-19(22-18)11-23(10-14-6-8-26-12-14)7-5-15-9-21-17-4-2-1-3-16(15)17/h1-4,6,8-9,12-13,21H,5,7,10-11H2,(H,24,25). The predicted octanol–water partition coefficient (Wildman–Crippen LogP) is 3.69. The molecule has 27 heavy (non-hydrogen) atoms. The number of aromatic carboxylic acids is 1. The summed E-state index contributed by atoms with van der Waals surface area (Å²) in [6.07, 6.45) is 7.40. The van der Waals surface area contributed by atoms with Gasteiger partial charge in [0.2, 0.25) is 5.89 Å². The molecule has 0 saturated heterocycles. The number of oxazole rings is 1. The summed E-state index contributed by atoms with van der Waals surface area (Å²) in [6, 6.07) is 10.1. The molecule has 3 heterocycles. The molecule has 0 aliphatic heterocycles. The topological polar surface area (TPSA) is 95.5 Å². The van der Waals surface area contributed by atoms with Gasteiger partial charge in [-0.25, -0.2) is 9.78 Å². The van der Waals surface area contributed by atoms with Crippen molar-refractivity contribution < 1.29 is 18.7 Å². The number of carbonyl (C=O) groups is 1. The lowest BCUT2D eigenvalue weighted by Gasteiger charge is -2.19. The number of carboxylic acids is 1. The number of nitrogens with zero attached hydrogens (tertiary/aromatic N) is 2. The Kier molecular flexibility index (Phi) is 4.76. The first kappa shape index (κ1) is 17.1. The first-order valence-electron chi connectivity index (χ1n) is 8.65. The number of nitrogens with one attached hydrogen (secondary N) is 1. The normalized spacial score (nSPS) is 11.4. The number of para-hydroxylation sites is 1. The van der Waals surface area contributed by atoms with Gasteiger partial charge in [-0.05, 0) is 24.1 Å². The SMILES string of the molecule is O=C(O)c1coc(CN(CCc2c[nH]c3ccccc23)Cc2ccoc2)n1. The second kappa shape index (κ2) is 7.51. The van der Waals surface area contributed by atoms with E-state index in [0.717, 1.165) is 24.0 Å². The van der Waals surface area contributed by atoms with Crippen LogP contribution in [-0.4, -0.2) is 32.5 Å². The molecule has 1 aromatic carbocycles. The molecule has 4 rings (SSSR count). The van der Waals surface area contributed by atoms with E-state index in [4.69, 9.17) is 13.9 Å². The summed E-state index contributed by atoms with van der Waals surface area (Å²) < 4.78 is 10.5. The Hall–Kier alpha value is -3.32. The summed E-state index contributed by atoms with van der Waals surface area (Å²) in [5, 5.41) is 10.2. The molecule has 7 nitrogen and oxygen atoms in total. The number of hydrogen-bond donors (Lipinski definition) is 2. The van der Waals surface area contributed by atoms with Crippen molar-refractivity contribution in [3.63, 3.8) is 0 Å². The quantitative estimate of drug-likeness (QED) is 0.494. The van der Waals surface area contributed by atoms with Gasteiger partial charge in [-0.1, -0.05) is 18.2 Å². The summed E-state index contributed by atoms with van der Waals surface area (Å²) in [5.41, 5.74) is 3.32. The molecule has 0 radical (unpaired) electrons. The number of aromatic amines is 1. The van der Waals surface area contributed by atoms with E-state index >= 15 is 0 Å². The minimum Gasteiger partial charge on any atom is -0.476 e. The van der Waals surface area contributed by atoms with Crippen LogP contribution < -0.4 is 0 Å². The molecule has 7 heteroatoms. The van der Waals surface area contributed by atoms with Crippen molar-refractivity contribution in [2.45, 2.75) is 19.5 Å². The molecular formula is C20H19N3O4. The van der Waals surface area contributed by atoms with Gasteiger partial charge < -0.3 is 18.9 Å². The third kappa shape index (κ3) is 3.93. The van der Waals surface area contributed by atoms with Crippen LogP contribution in [0.15, 0.2) is 64.2 Å². The number of H-pyrrole nitrogens is 1. The van der Waals surface area contributed by atoms with E-state index < -0.39 is 5.97 Å². The molecule has 0 fully saturated rings. The molecule has 0 aliphatic rings. The Morgan fingerprint density at radius 1 is 1.19 bits per heavy atom. The van der Waals surface area contributed by atoms with E-state index in [1.807, 2.05) is 24.4 Å². The van der Waals surface area contributed by atoms with Gasteiger partial charge in [-0.2, -0.15) is 0 Å². The summed E-state index contributed by atoms with van der Waals surface area (Å²) in [7, 11) is 0. The molecule has 4 aromatic rings. The summed E-state index contributed by atoms with van der Waals surface area (Å²) >= 11 is 0. The number of benzene rings is 1. The van der Waals surface area contributed by atoms with Gasteiger partial charge >= 0.3 is 5.97 Å². The lowest BCUT2D eigenvalue weighted by atomic mass is 10.1. The molecule has 0 unspecified atom stereocenters. The van der Waals surface area contributed by atoms with Gasteiger partial charge in [-0.15, -0.1) is 0 Å². The zero-order chi connectivity index (χ0) is 18.6. The average Bonchev–Trinajstić information content (AvgIpc) is 3.41. The van der Waals surface area contributed by atoms with E-state index in [1.165, 1.54) is 17.2 Å². The largest absolute Gasteiger partial charge is 0.476 e. The molecule has 0 amide bonds. The Bertz CT molecular complexity index is 1030. The maximum Gasteiger partial charge on any atom is 0.357 e. The molecule has 0 spiro atoms. The average molecular weight is 365 g/mol. The molecule has 0 saturated carbocycles. The minimum atomic E-state index is -1.09. The molecular weight excluding hydrogens is 346 g/mol. The zero-order valence-electron chi connectivity index (χ0n) is 14.6. The van der Waals surface area contributed by atoms with Crippen molar-refractivity contribution >= 4 is 16.9 Å². The van der Waals surface area contributed by atoms with Crippen LogP contribution in [0.25, 0.3) is 10.9 Å². The highest BCUT2D eigenvalue weighted by molar-refractivity contribution is 5.84. The maximum absolute atomic E-state index is 11.0. The van der Waals surface area contributed by atoms with E-state index in [-0.39, 0.29) is 5.69 Å². The molecule has 2 N–H and O–H groups in total. The number of fused-ring (bicyclic) bond motifs is 1. The lowest BCUT2D eigenvalue weighted by Crippen LogP contribution is -2.25.